The topological polar surface area (TPSA) is 76.9 Å². The Morgan fingerprint density at radius 1 is 1.03 bits per heavy atom. The number of morpholine rings is 1. The van der Waals surface area contributed by atoms with E-state index in [9.17, 15) is 27.2 Å². The number of alkyl halides is 3. The second kappa shape index (κ2) is 10.9. The monoisotopic (exact) mass is 512 g/mol. The Hall–Kier alpha value is -3.15. The number of amides is 2. The number of hydrogen-bond donors (Lipinski definition) is 0. The third kappa shape index (κ3) is 6.54. The van der Waals surface area contributed by atoms with Crippen molar-refractivity contribution in [2.45, 2.75) is 44.0 Å². The number of aromatic nitrogens is 2. The fraction of sp³-hybridized carbons (Fsp3) is 0.542. The fourth-order valence-corrected chi connectivity index (χ4v) is 4.41. The van der Waals surface area contributed by atoms with Gasteiger partial charge in [0.05, 0.1) is 31.3 Å². The lowest BCUT2D eigenvalue weighted by Gasteiger charge is -2.43. The highest BCUT2D eigenvalue weighted by molar-refractivity contribution is 5.78. The van der Waals surface area contributed by atoms with Gasteiger partial charge in [-0.2, -0.15) is 18.3 Å². The first kappa shape index (κ1) is 25.9. The number of likely N-dealkylation sites (tertiary alicyclic amines) is 1. The molecule has 4 rings (SSSR count). The van der Waals surface area contributed by atoms with Crippen molar-refractivity contribution < 1.29 is 36.6 Å². The predicted molar refractivity (Wildman–Crippen MR) is 119 cm³/mol. The van der Waals surface area contributed by atoms with E-state index >= 15 is 0 Å². The average Bonchev–Trinajstić information content (AvgIpc) is 3.34. The molecule has 0 spiro atoms. The first-order valence-corrected chi connectivity index (χ1v) is 11.8. The van der Waals surface area contributed by atoms with Crippen molar-refractivity contribution in [3.8, 4) is 5.75 Å². The normalized spacial score (nSPS) is 20.9. The van der Waals surface area contributed by atoms with Gasteiger partial charge in [-0.25, -0.2) is 4.39 Å². The Labute approximate surface area is 205 Å². The number of ether oxygens (including phenoxy) is 2. The first-order valence-electron chi connectivity index (χ1n) is 11.8. The molecule has 12 heteroatoms. The molecule has 8 nitrogen and oxygen atoms in total. The second-order valence-electron chi connectivity index (χ2n) is 9.13. The zero-order chi connectivity index (χ0) is 25.8. The van der Waals surface area contributed by atoms with Crippen molar-refractivity contribution in [1.29, 1.82) is 0 Å². The highest BCUT2D eigenvalue weighted by Crippen LogP contribution is 2.29. The zero-order valence-electron chi connectivity index (χ0n) is 19.7. The summed E-state index contributed by atoms with van der Waals surface area (Å²) in [5.74, 6) is -0.611. The number of carbonyl (C=O) groups is 2. The molecule has 2 aromatic rings. The lowest BCUT2D eigenvalue weighted by Crippen LogP contribution is -2.59. The van der Waals surface area contributed by atoms with Crippen molar-refractivity contribution in [3.05, 3.63) is 48.0 Å². The molecular formula is C24H28F4N4O4. The summed E-state index contributed by atoms with van der Waals surface area (Å²) >= 11 is 0. The van der Waals surface area contributed by atoms with Crippen LogP contribution in [0.3, 0.4) is 0 Å². The maximum Gasteiger partial charge on any atom is 0.419 e. The highest BCUT2D eigenvalue weighted by atomic mass is 19.4. The second-order valence-corrected chi connectivity index (χ2v) is 9.13. The van der Waals surface area contributed by atoms with Gasteiger partial charge in [-0.15, -0.1) is 0 Å². The van der Waals surface area contributed by atoms with Crippen LogP contribution in [-0.4, -0.2) is 76.4 Å². The number of nitrogens with zero attached hydrogens (tertiary/aromatic N) is 4. The van der Waals surface area contributed by atoms with Gasteiger partial charge in [0.25, 0.3) is 0 Å². The summed E-state index contributed by atoms with van der Waals surface area (Å²) in [6, 6.07) is 5.41. The van der Waals surface area contributed by atoms with E-state index in [4.69, 9.17) is 9.47 Å². The maximum atomic E-state index is 13.3. The van der Waals surface area contributed by atoms with E-state index in [1.54, 1.807) is 4.90 Å². The Balaban J connectivity index is 1.47. The molecule has 1 aromatic heterocycles. The van der Waals surface area contributed by atoms with Gasteiger partial charge >= 0.3 is 6.18 Å². The van der Waals surface area contributed by atoms with Gasteiger partial charge in [-0.1, -0.05) is 0 Å². The molecule has 2 aliphatic heterocycles. The van der Waals surface area contributed by atoms with E-state index in [0.29, 0.717) is 25.0 Å². The van der Waals surface area contributed by atoms with Crippen LogP contribution >= 0.6 is 0 Å². The quantitative estimate of drug-likeness (QED) is 0.533. The Bertz CT molecular complexity index is 1050. The van der Waals surface area contributed by atoms with Gasteiger partial charge in [-0.05, 0) is 43.5 Å². The molecule has 196 valence electrons. The molecule has 1 unspecified atom stereocenters. The average molecular weight is 513 g/mol. The molecule has 2 saturated heterocycles. The minimum absolute atomic E-state index is 0.0139. The molecule has 0 aliphatic carbocycles. The third-order valence-electron chi connectivity index (χ3n) is 6.36. The lowest BCUT2D eigenvalue weighted by atomic mass is 9.96. The minimum atomic E-state index is -4.55. The number of carbonyl (C=O) groups excluding carboxylic acids is 2. The molecule has 0 bridgehead atoms. The molecule has 1 aromatic carbocycles. The van der Waals surface area contributed by atoms with Gasteiger partial charge in [0.15, 0.2) is 0 Å². The molecule has 36 heavy (non-hydrogen) atoms. The van der Waals surface area contributed by atoms with Crippen molar-refractivity contribution in [2.24, 2.45) is 0 Å². The summed E-state index contributed by atoms with van der Waals surface area (Å²) in [6.45, 7) is 1.20. The van der Waals surface area contributed by atoms with Gasteiger partial charge < -0.3 is 19.3 Å². The van der Waals surface area contributed by atoms with E-state index in [0.717, 1.165) is 30.1 Å². The van der Waals surface area contributed by atoms with Gasteiger partial charge in [0.2, 0.25) is 11.8 Å². The first-order chi connectivity index (χ1) is 17.1. The lowest BCUT2D eigenvalue weighted by molar-refractivity contribution is -0.166. The molecule has 0 saturated carbocycles. The van der Waals surface area contributed by atoms with Crippen molar-refractivity contribution in [3.63, 3.8) is 0 Å². The van der Waals surface area contributed by atoms with Crippen LogP contribution in [0.2, 0.25) is 0 Å². The minimum Gasteiger partial charge on any atom is -0.490 e. The summed E-state index contributed by atoms with van der Waals surface area (Å²) in [5, 5.41) is 3.65. The third-order valence-corrected chi connectivity index (χ3v) is 6.36. The highest BCUT2D eigenvalue weighted by Gasteiger charge is 2.42. The molecule has 1 atom stereocenters. The van der Waals surface area contributed by atoms with Crippen LogP contribution in [0.1, 0.15) is 31.2 Å². The Morgan fingerprint density at radius 3 is 2.42 bits per heavy atom. The van der Waals surface area contributed by atoms with Crippen molar-refractivity contribution >= 4 is 11.8 Å². The van der Waals surface area contributed by atoms with Gasteiger partial charge in [0.1, 0.15) is 30.3 Å². The molecule has 2 aliphatic rings. The smallest absolute Gasteiger partial charge is 0.419 e. The maximum absolute atomic E-state index is 13.3. The van der Waals surface area contributed by atoms with Crippen LogP contribution < -0.4 is 4.74 Å². The summed E-state index contributed by atoms with van der Waals surface area (Å²) in [6.07, 6.45) is -0.237. The van der Waals surface area contributed by atoms with Gasteiger partial charge in [-0.3, -0.25) is 14.3 Å². The zero-order valence-corrected chi connectivity index (χ0v) is 19.7. The number of benzene rings is 1. The summed E-state index contributed by atoms with van der Waals surface area (Å²) in [5.41, 5.74) is -2.11. The molecular weight excluding hydrogens is 484 g/mol. The van der Waals surface area contributed by atoms with Crippen molar-refractivity contribution in [1.82, 2.24) is 19.6 Å². The van der Waals surface area contributed by atoms with Crippen LogP contribution in [0, 0.1) is 5.82 Å². The summed E-state index contributed by atoms with van der Waals surface area (Å²) < 4.78 is 64.7. The van der Waals surface area contributed by atoms with Crippen LogP contribution in [0.15, 0.2) is 36.7 Å². The molecule has 2 fully saturated rings. The summed E-state index contributed by atoms with van der Waals surface area (Å²) in [7, 11) is 0. The van der Waals surface area contributed by atoms with Crippen molar-refractivity contribution in [2.75, 3.05) is 39.4 Å². The SMILES string of the molecule is O=C(CC1(COc2ccc(F)cc2)CN(C(=O)Cn2cc(C(F)(F)F)cn2)CCO1)N1CCCCC1. The number of halogens is 4. The predicted octanol–water partition coefficient (Wildman–Crippen LogP) is 3.12. The van der Waals surface area contributed by atoms with Crippen LogP contribution in [0.25, 0.3) is 0 Å². The standard InChI is InChI=1S/C24H28F4N4O4/c25-19-4-6-20(7-5-19)35-17-23(12-21(33)30-8-2-1-3-9-30)16-31(10-11-36-23)22(34)15-32-14-18(13-29-32)24(26,27)28/h4-7,13-14H,1-3,8-12,15-17H2. The summed E-state index contributed by atoms with van der Waals surface area (Å²) in [4.78, 5) is 29.3. The van der Waals surface area contributed by atoms with Crippen LogP contribution in [0.5, 0.6) is 5.75 Å². The van der Waals surface area contributed by atoms with E-state index in [2.05, 4.69) is 5.10 Å². The van der Waals surface area contributed by atoms with E-state index in [1.807, 2.05) is 0 Å². The number of rotatable bonds is 7. The largest absolute Gasteiger partial charge is 0.490 e. The fourth-order valence-electron chi connectivity index (χ4n) is 4.41. The van der Waals surface area contributed by atoms with Crippen LogP contribution in [-0.2, 0) is 27.0 Å². The number of hydrogen-bond acceptors (Lipinski definition) is 5. The van der Waals surface area contributed by atoms with E-state index in [1.165, 1.54) is 29.2 Å². The molecule has 0 radical (unpaired) electrons. The van der Waals surface area contributed by atoms with E-state index < -0.39 is 29.1 Å². The van der Waals surface area contributed by atoms with Crippen LogP contribution in [0.4, 0.5) is 17.6 Å². The number of piperidine rings is 1. The van der Waals surface area contributed by atoms with E-state index in [-0.39, 0.29) is 45.2 Å². The molecule has 3 heterocycles. The van der Waals surface area contributed by atoms with Gasteiger partial charge in [0, 0.05) is 25.8 Å². The molecule has 2 amide bonds. The Kier molecular flexibility index (Phi) is 7.82. The Morgan fingerprint density at radius 2 is 1.75 bits per heavy atom. The molecule has 0 N–H and O–H groups in total.